The number of carbonyl (C=O) groups excluding carboxylic acids is 2. The monoisotopic (exact) mass is 269 g/mol. The predicted octanol–water partition coefficient (Wildman–Crippen LogP) is 0.316. The third kappa shape index (κ3) is 3.04. The lowest BCUT2D eigenvalue weighted by Gasteiger charge is -2.15. The standard InChI is InChI=1S/C11H15N3O3S/c1-2-17-10(16)6-13-9(15)5-8-7-18-11-12-3-4-14(8)11/h7H,2-6H2,1H3,(H,13,15). The van der Waals surface area contributed by atoms with E-state index in [0.29, 0.717) is 6.61 Å². The van der Waals surface area contributed by atoms with Crippen molar-refractivity contribution in [2.45, 2.75) is 13.3 Å². The van der Waals surface area contributed by atoms with Crippen molar-refractivity contribution in [2.75, 3.05) is 26.2 Å². The summed E-state index contributed by atoms with van der Waals surface area (Å²) < 4.78 is 4.73. The van der Waals surface area contributed by atoms with Gasteiger partial charge in [-0.05, 0) is 12.3 Å². The van der Waals surface area contributed by atoms with E-state index in [2.05, 4.69) is 10.3 Å². The quantitative estimate of drug-likeness (QED) is 0.728. The van der Waals surface area contributed by atoms with Crippen molar-refractivity contribution in [3.63, 3.8) is 0 Å². The van der Waals surface area contributed by atoms with Gasteiger partial charge in [-0.1, -0.05) is 11.8 Å². The molecule has 98 valence electrons. The van der Waals surface area contributed by atoms with Gasteiger partial charge in [-0.2, -0.15) is 0 Å². The highest BCUT2D eigenvalue weighted by Crippen LogP contribution is 2.30. The topological polar surface area (TPSA) is 71.0 Å². The van der Waals surface area contributed by atoms with Gasteiger partial charge in [0.15, 0.2) is 5.17 Å². The van der Waals surface area contributed by atoms with Gasteiger partial charge in [-0.3, -0.25) is 14.6 Å². The van der Waals surface area contributed by atoms with Crippen LogP contribution in [0, 0.1) is 0 Å². The second kappa shape index (κ2) is 5.90. The Labute approximate surface area is 109 Å². The van der Waals surface area contributed by atoms with Crippen LogP contribution in [0.2, 0.25) is 0 Å². The number of rotatable bonds is 5. The summed E-state index contributed by atoms with van der Waals surface area (Å²) in [6.45, 7) is 3.59. The van der Waals surface area contributed by atoms with E-state index in [1.54, 1.807) is 6.92 Å². The molecule has 2 rings (SSSR count). The van der Waals surface area contributed by atoms with Crippen molar-refractivity contribution >= 4 is 28.8 Å². The van der Waals surface area contributed by atoms with Crippen molar-refractivity contribution in [3.8, 4) is 0 Å². The smallest absolute Gasteiger partial charge is 0.325 e. The first-order valence-electron chi connectivity index (χ1n) is 5.80. The number of aliphatic imine (C=N–C) groups is 1. The maximum Gasteiger partial charge on any atom is 0.325 e. The summed E-state index contributed by atoms with van der Waals surface area (Å²) in [5.74, 6) is -0.591. The zero-order chi connectivity index (χ0) is 13.0. The SMILES string of the molecule is CCOC(=O)CNC(=O)CC1=CSC2=NCCN12. The third-order valence-corrected chi connectivity index (χ3v) is 3.48. The fourth-order valence-corrected chi connectivity index (χ4v) is 2.68. The van der Waals surface area contributed by atoms with Crippen molar-refractivity contribution in [3.05, 3.63) is 11.1 Å². The molecule has 0 spiro atoms. The van der Waals surface area contributed by atoms with Gasteiger partial charge in [0, 0.05) is 12.2 Å². The molecule has 0 aromatic heterocycles. The van der Waals surface area contributed by atoms with E-state index < -0.39 is 5.97 Å². The number of ether oxygens (including phenoxy) is 1. The van der Waals surface area contributed by atoms with E-state index in [-0.39, 0.29) is 18.9 Å². The number of nitrogens with zero attached hydrogens (tertiary/aromatic N) is 2. The molecule has 0 fully saturated rings. The molecule has 1 amide bonds. The molecule has 0 saturated carbocycles. The zero-order valence-electron chi connectivity index (χ0n) is 10.1. The number of amides is 1. The minimum absolute atomic E-state index is 0.0754. The van der Waals surface area contributed by atoms with Gasteiger partial charge in [0.1, 0.15) is 6.54 Å². The number of amidine groups is 1. The Morgan fingerprint density at radius 3 is 3.22 bits per heavy atom. The summed E-state index contributed by atoms with van der Waals surface area (Å²) >= 11 is 1.54. The van der Waals surface area contributed by atoms with Gasteiger partial charge in [-0.25, -0.2) is 0 Å². The maximum absolute atomic E-state index is 11.7. The fourth-order valence-electron chi connectivity index (χ4n) is 1.73. The second-order valence-corrected chi connectivity index (χ2v) is 4.64. The molecule has 2 aliphatic rings. The molecule has 0 aliphatic carbocycles. The molecule has 0 aromatic rings. The molecular weight excluding hydrogens is 254 g/mol. The van der Waals surface area contributed by atoms with Gasteiger partial charge < -0.3 is 15.0 Å². The number of hydrogen-bond donors (Lipinski definition) is 1. The third-order valence-electron chi connectivity index (χ3n) is 2.53. The highest BCUT2D eigenvalue weighted by Gasteiger charge is 2.27. The van der Waals surface area contributed by atoms with Crippen LogP contribution in [-0.4, -0.2) is 48.2 Å². The molecule has 7 heteroatoms. The van der Waals surface area contributed by atoms with Crippen LogP contribution in [0.15, 0.2) is 16.1 Å². The molecule has 2 heterocycles. The second-order valence-electron chi connectivity index (χ2n) is 3.80. The van der Waals surface area contributed by atoms with E-state index in [0.717, 1.165) is 24.0 Å². The summed E-state index contributed by atoms with van der Waals surface area (Å²) in [6, 6.07) is 0. The van der Waals surface area contributed by atoms with Crippen LogP contribution in [0.25, 0.3) is 0 Å². The fraction of sp³-hybridized carbons (Fsp3) is 0.545. The number of nitrogens with one attached hydrogen (secondary N) is 1. The lowest BCUT2D eigenvalue weighted by Crippen LogP contribution is -2.32. The average molecular weight is 269 g/mol. The molecule has 1 N–H and O–H groups in total. The first-order chi connectivity index (χ1) is 8.70. The van der Waals surface area contributed by atoms with Crippen LogP contribution in [0.4, 0.5) is 0 Å². The summed E-state index contributed by atoms with van der Waals surface area (Å²) in [5.41, 5.74) is 0.942. The van der Waals surface area contributed by atoms with Crippen molar-refractivity contribution in [1.82, 2.24) is 10.2 Å². The maximum atomic E-state index is 11.7. The summed E-state index contributed by atoms with van der Waals surface area (Å²) in [6.07, 6.45) is 0.269. The van der Waals surface area contributed by atoms with Gasteiger partial charge in [0.25, 0.3) is 0 Å². The first-order valence-corrected chi connectivity index (χ1v) is 6.68. The Kier molecular flexibility index (Phi) is 4.24. The summed E-state index contributed by atoms with van der Waals surface area (Å²) in [7, 11) is 0. The van der Waals surface area contributed by atoms with Crippen LogP contribution in [0.3, 0.4) is 0 Å². The highest BCUT2D eigenvalue weighted by molar-refractivity contribution is 8.16. The van der Waals surface area contributed by atoms with Crippen LogP contribution >= 0.6 is 11.8 Å². The van der Waals surface area contributed by atoms with E-state index in [4.69, 9.17) is 4.74 Å². The molecule has 0 aromatic carbocycles. The molecule has 0 bridgehead atoms. The van der Waals surface area contributed by atoms with Crippen molar-refractivity contribution in [1.29, 1.82) is 0 Å². The summed E-state index contributed by atoms with van der Waals surface area (Å²) in [5, 5.41) is 5.44. The van der Waals surface area contributed by atoms with Gasteiger partial charge in [-0.15, -0.1) is 0 Å². The van der Waals surface area contributed by atoms with Gasteiger partial charge in [0.2, 0.25) is 5.91 Å². The van der Waals surface area contributed by atoms with E-state index in [1.165, 1.54) is 11.8 Å². The highest BCUT2D eigenvalue weighted by atomic mass is 32.2. The Morgan fingerprint density at radius 1 is 1.61 bits per heavy atom. The molecule has 0 atom stereocenters. The average Bonchev–Trinajstić information content (AvgIpc) is 2.92. The normalized spacial score (nSPS) is 17.1. The largest absolute Gasteiger partial charge is 0.465 e. The minimum Gasteiger partial charge on any atom is -0.465 e. The van der Waals surface area contributed by atoms with Crippen LogP contribution in [-0.2, 0) is 14.3 Å². The molecule has 2 aliphatic heterocycles. The zero-order valence-corrected chi connectivity index (χ0v) is 11.0. The van der Waals surface area contributed by atoms with Crippen LogP contribution in [0.1, 0.15) is 13.3 Å². The van der Waals surface area contributed by atoms with Crippen LogP contribution in [0.5, 0.6) is 0 Å². The number of thioether (sulfide) groups is 1. The predicted molar refractivity (Wildman–Crippen MR) is 68.9 cm³/mol. The van der Waals surface area contributed by atoms with Gasteiger partial charge in [0.05, 0.1) is 19.6 Å². The molecular formula is C11H15N3O3S. The number of hydrogen-bond acceptors (Lipinski definition) is 6. The lowest BCUT2D eigenvalue weighted by molar-refractivity contribution is -0.143. The number of carbonyl (C=O) groups is 2. The Morgan fingerprint density at radius 2 is 2.44 bits per heavy atom. The van der Waals surface area contributed by atoms with Crippen LogP contribution < -0.4 is 5.32 Å². The van der Waals surface area contributed by atoms with E-state index in [9.17, 15) is 9.59 Å². The van der Waals surface area contributed by atoms with E-state index >= 15 is 0 Å². The molecule has 0 unspecified atom stereocenters. The Bertz CT molecular complexity index is 420. The molecule has 0 saturated heterocycles. The number of esters is 1. The van der Waals surface area contributed by atoms with Gasteiger partial charge >= 0.3 is 5.97 Å². The number of fused-ring (bicyclic) bond motifs is 1. The molecule has 18 heavy (non-hydrogen) atoms. The molecule has 6 nitrogen and oxygen atoms in total. The Balaban J connectivity index is 1.75. The van der Waals surface area contributed by atoms with E-state index in [1.807, 2.05) is 10.3 Å². The van der Waals surface area contributed by atoms with Crippen molar-refractivity contribution in [2.24, 2.45) is 4.99 Å². The lowest BCUT2D eigenvalue weighted by atomic mass is 10.3. The first kappa shape index (κ1) is 12.9. The Hall–Kier alpha value is -1.50. The summed E-state index contributed by atoms with van der Waals surface area (Å²) in [4.78, 5) is 29.1. The van der Waals surface area contributed by atoms with Crippen molar-refractivity contribution < 1.29 is 14.3 Å². The minimum atomic E-state index is -0.413. The molecule has 0 radical (unpaired) electrons.